The number of nitrogens with one attached hydrogen (secondary N) is 1. The van der Waals surface area contributed by atoms with Crippen LogP contribution in [0.5, 0.6) is 0 Å². The molecule has 0 saturated carbocycles. The van der Waals surface area contributed by atoms with E-state index in [9.17, 15) is 14.7 Å². The standard InChI is InChI=1S/C21H24ClN7O4/c1-12(2)11-33-20(30)25-14-7-8-16(24-10-14)17-19(28(4)27-26-17)29(21(31)32)13(3)15-6-5-9-23-18(15)22/h5-10,12-13H,11H2,1-4H3,(H,25,30)(H,31,32). The van der Waals surface area contributed by atoms with Crippen LogP contribution in [0.1, 0.15) is 32.4 Å². The summed E-state index contributed by atoms with van der Waals surface area (Å²) in [5.41, 5.74) is 1.57. The fraction of sp³-hybridized carbons (Fsp3) is 0.333. The van der Waals surface area contributed by atoms with Crippen LogP contribution in [0.15, 0.2) is 36.7 Å². The van der Waals surface area contributed by atoms with Crippen molar-refractivity contribution in [2.45, 2.75) is 26.8 Å². The topological polar surface area (TPSA) is 135 Å². The number of amides is 2. The van der Waals surface area contributed by atoms with Crippen molar-refractivity contribution in [1.29, 1.82) is 0 Å². The third kappa shape index (κ3) is 5.55. The summed E-state index contributed by atoms with van der Waals surface area (Å²) in [6.07, 6.45) is 1.15. The van der Waals surface area contributed by atoms with Gasteiger partial charge in [-0.15, -0.1) is 5.10 Å². The number of hydrogen-bond acceptors (Lipinski definition) is 7. The van der Waals surface area contributed by atoms with Crippen LogP contribution >= 0.6 is 11.6 Å². The van der Waals surface area contributed by atoms with Crippen molar-refractivity contribution in [3.63, 3.8) is 0 Å². The van der Waals surface area contributed by atoms with Gasteiger partial charge in [0.05, 0.1) is 30.2 Å². The molecule has 3 heterocycles. The van der Waals surface area contributed by atoms with E-state index in [0.717, 1.165) is 4.90 Å². The molecule has 2 amide bonds. The van der Waals surface area contributed by atoms with E-state index in [0.29, 0.717) is 23.6 Å². The molecule has 2 N–H and O–H groups in total. The van der Waals surface area contributed by atoms with E-state index in [2.05, 4.69) is 25.6 Å². The molecule has 0 spiro atoms. The number of halogens is 1. The van der Waals surface area contributed by atoms with Gasteiger partial charge in [-0.3, -0.25) is 15.2 Å². The van der Waals surface area contributed by atoms with Crippen LogP contribution in [0.2, 0.25) is 5.15 Å². The molecule has 3 aromatic rings. The minimum Gasteiger partial charge on any atom is -0.465 e. The lowest BCUT2D eigenvalue weighted by atomic mass is 10.1. The van der Waals surface area contributed by atoms with Crippen LogP contribution in [0.25, 0.3) is 11.4 Å². The fourth-order valence-corrected chi connectivity index (χ4v) is 3.36. The normalized spacial score (nSPS) is 11.8. The van der Waals surface area contributed by atoms with Crippen molar-refractivity contribution in [3.8, 4) is 11.4 Å². The molecule has 0 bridgehead atoms. The summed E-state index contributed by atoms with van der Waals surface area (Å²) in [5.74, 6) is 0.423. The van der Waals surface area contributed by atoms with Gasteiger partial charge in [-0.05, 0) is 31.0 Å². The molecule has 0 aliphatic rings. The zero-order valence-corrected chi connectivity index (χ0v) is 19.3. The maximum Gasteiger partial charge on any atom is 0.413 e. The predicted octanol–water partition coefficient (Wildman–Crippen LogP) is 4.38. The number of ether oxygens (including phenoxy) is 1. The number of anilines is 2. The monoisotopic (exact) mass is 473 g/mol. The highest BCUT2D eigenvalue weighted by Crippen LogP contribution is 2.35. The minimum atomic E-state index is -1.22. The van der Waals surface area contributed by atoms with Crippen LogP contribution in [0.3, 0.4) is 0 Å². The molecule has 0 saturated heterocycles. The van der Waals surface area contributed by atoms with Crippen molar-refractivity contribution in [3.05, 3.63) is 47.4 Å². The molecule has 174 valence electrons. The highest BCUT2D eigenvalue weighted by atomic mass is 35.5. The fourth-order valence-electron chi connectivity index (χ4n) is 3.08. The molecule has 0 radical (unpaired) electrons. The molecule has 0 fully saturated rings. The molecule has 33 heavy (non-hydrogen) atoms. The van der Waals surface area contributed by atoms with Gasteiger partial charge in [0, 0.05) is 18.8 Å². The Labute approximate surface area is 195 Å². The van der Waals surface area contributed by atoms with Gasteiger partial charge in [-0.25, -0.2) is 19.3 Å². The average molecular weight is 474 g/mol. The molecular weight excluding hydrogens is 450 g/mol. The van der Waals surface area contributed by atoms with E-state index in [1.165, 1.54) is 17.1 Å². The van der Waals surface area contributed by atoms with E-state index >= 15 is 0 Å². The molecule has 1 unspecified atom stereocenters. The van der Waals surface area contributed by atoms with Crippen LogP contribution in [-0.2, 0) is 11.8 Å². The summed E-state index contributed by atoms with van der Waals surface area (Å²) in [5, 5.41) is 20.9. The van der Waals surface area contributed by atoms with Crippen LogP contribution in [-0.4, -0.2) is 48.9 Å². The Morgan fingerprint density at radius 2 is 2.00 bits per heavy atom. The number of aryl methyl sites for hydroxylation is 1. The van der Waals surface area contributed by atoms with Gasteiger partial charge in [0.2, 0.25) is 0 Å². The van der Waals surface area contributed by atoms with Gasteiger partial charge in [0.25, 0.3) is 0 Å². The first-order valence-corrected chi connectivity index (χ1v) is 10.5. The molecule has 3 aromatic heterocycles. The zero-order chi connectivity index (χ0) is 24.1. The minimum absolute atomic E-state index is 0.200. The van der Waals surface area contributed by atoms with E-state index in [4.69, 9.17) is 16.3 Å². The molecular formula is C21H24ClN7O4. The lowest BCUT2D eigenvalue weighted by Crippen LogP contribution is -2.34. The second-order valence-electron chi connectivity index (χ2n) is 7.65. The first-order valence-electron chi connectivity index (χ1n) is 10.1. The first-order chi connectivity index (χ1) is 15.7. The number of carboxylic acid groups (broad SMARTS) is 1. The number of aromatic nitrogens is 5. The van der Waals surface area contributed by atoms with E-state index < -0.39 is 18.2 Å². The highest BCUT2D eigenvalue weighted by Gasteiger charge is 2.31. The summed E-state index contributed by atoms with van der Waals surface area (Å²) >= 11 is 6.20. The zero-order valence-electron chi connectivity index (χ0n) is 18.6. The number of hydrogen-bond donors (Lipinski definition) is 2. The predicted molar refractivity (Wildman–Crippen MR) is 122 cm³/mol. The Morgan fingerprint density at radius 1 is 1.24 bits per heavy atom. The number of carbonyl (C=O) groups excluding carboxylic acids is 1. The second-order valence-corrected chi connectivity index (χ2v) is 8.00. The third-order valence-corrected chi connectivity index (χ3v) is 4.97. The lowest BCUT2D eigenvalue weighted by Gasteiger charge is -2.27. The van der Waals surface area contributed by atoms with Crippen molar-refractivity contribution in [1.82, 2.24) is 25.0 Å². The molecule has 3 rings (SSSR count). The van der Waals surface area contributed by atoms with Crippen molar-refractivity contribution in [2.24, 2.45) is 13.0 Å². The Balaban J connectivity index is 1.90. The number of pyridine rings is 2. The van der Waals surface area contributed by atoms with Gasteiger partial charge in [-0.1, -0.05) is 36.7 Å². The second kappa shape index (κ2) is 10.3. The Bertz CT molecular complexity index is 1130. The maximum atomic E-state index is 12.3. The van der Waals surface area contributed by atoms with Crippen molar-refractivity contribution in [2.75, 3.05) is 16.8 Å². The average Bonchev–Trinajstić information content (AvgIpc) is 3.14. The molecule has 1 atom stereocenters. The first kappa shape index (κ1) is 23.9. The van der Waals surface area contributed by atoms with Gasteiger partial charge < -0.3 is 9.84 Å². The number of nitrogens with zero attached hydrogens (tertiary/aromatic N) is 6. The van der Waals surface area contributed by atoms with Crippen LogP contribution < -0.4 is 10.2 Å². The number of carbonyl (C=O) groups is 2. The highest BCUT2D eigenvalue weighted by molar-refractivity contribution is 6.30. The smallest absolute Gasteiger partial charge is 0.413 e. The van der Waals surface area contributed by atoms with E-state index in [-0.39, 0.29) is 22.6 Å². The van der Waals surface area contributed by atoms with Gasteiger partial charge in [-0.2, -0.15) is 0 Å². The Morgan fingerprint density at radius 3 is 2.61 bits per heavy atom. The van der Waals surface area contributed by atoms with Gasteiger partial charge >= 0.3 is 12.2 Å². The van der Waals surface area contributed by atoms with Gasteiger partial charge in [0.1, 0.15) is 5.15 Å². The summed E-state index contributed by atoms with van der Waals surface area (Å²) in [6.45, 7) is 5.86. The largest absolute Gasteiger partial charge is 0.465 e. The molecule has 0 aliphatic heterocycles. The quantitative estimate of drug-likeness (QED) is 0.482. The van der Waals surface area contributed by atoms with Crippen LogP contribution in [0, 0.1) is 5.92 Å². The molecule has 12 heteroatoms. The summed E-state index contributed by atoms with van der Waals surface area (Å²) in [7, 11) is 1.58. The summed E-state index contributed by atoms with van der Waals surface area (Å²) in [6, 6.07) is 5.92. The Kier molecular flexibility index (Phi) is 7.44. The maximum absolute atomic E-state index is 12.3. The summed E-state index contributed by atoms with van der Waals surface area (Å²) in [4.78, 5) is 33.6. The van der Waals surface area contributed by atoms with Crippen molar-refractivity contribution < 1.29 is 19.4 Å². The van der Waals surface area contributed by atoms with Crippen LogP contribution in [0.4, 0.5) is 21.1 Å². The van der Waals surface area contributed by atoms with E-state index in [1.807, 2.05) is 13.8 Å². The van der Waals surface area contributed by atoms with Gasteiger partial charge in [0.15, 0.2) is 11.5 Å². The third-order valence-electron chi connectivity index (χ3n) is 4.66. The molecule has 0 aliphatic carbocycles. The summed E-state index contributed by atoms with van der Waals surface area (Å²) < 4.78 is 6.44. The molecule has 0 aromatic carbocycles. The van der Waals surface area contributed by atoms with Crippen molar-refractivity contribution >= 4 is 35.3 Å². The molecule has 11 nitrogen and oxygen atoms in total. The van der Waals surface area contributed by atoms with E-state index in [1.54, 1.807) is 38.2 Å². The lowest BCUT2D eigenvalue weighted by molar-refractivity contribution is 0.147. The SMILES string of the molecule is CC(C)COC(=O)Nc1ccc(-c2nnn(C)c2N(C(=O)O)C(C)c2cccnc2Cl)nc1. The number of rotatable bonds is 7. The Hall–Kier alpha value is -3.73.